The van der Waals surface area contributed by atoms with Crippen LogP contribution in [0.15, 0.2) is 18.3 Å². The number of aldehydes is 1. The molecule has 0 N–H and O–H groups in total. The second-order valence-corrected chi connectivity index (χ2v) is 3.99. The highest BCUT2D eigenvalue weighted by Gasteiger charge is 2.24. The van der Waals surface area contributed by atoms with E-state index in [1.165, 1.54) is 19.3 Å². The monoisotopic (exact) mass is 201 g/mol. The molecule has 1 aliphatic rings. The first-order valence-corrected chi connectivity index (χ1v) is 5.18. The molecule has 0 amide bonds. The number of carbonyl (C=O) groups is 1. The fraction of sp³-hybridized carbons (Fsp3) is 0.364. The number of pyridine rings is 1. The summed E-state index contributed by atoms with van der Waals surface area (Å²) in [5, 5.41) is 8.28. The van der Waals surface area contributed by atoms with Gasteiger partial charge in [-0.25, -0.2) is 0 Å². The molecule has 0 aromatic carbocycles. The molecule has 4 heteroatoms. The van der Waals surface area contributed by atoms with Crippen molar-refractivity contribution in [2.24, 2.45) is 0 Å². The second kappa shape index (κ2) is 3.15. The van der Waals surface area contributed by atoms with E-state index in [4.69, 9.17) is 0 Å². The molecule has 1 saturated carbocycles. The lowest BCUT2D eigenvalue weighted by molar-refractivity contribution is 0.112. The first kappa shape index (κ1) is 8.59. The van der Waals surface area contributed by atoms with Gasteiger partial charge < -0.3 is 0 Å². The van der Waals surface area contributed by atoms with Crippen LogP contribution in [0.3, 0.4) is 0 Å². The van der Waals surface area contributed by atoms with Gasteiger partial charge in [0.15, 0.2) is 11.9 Å². The molecule has 0 bridgehead atoms. The lowest BCUT2D eigenvalue weighted by Gasteiger charge is -2.23. The standard InChI is InChI=1S/C11H11N3O/c15-7-8-4-5-10-12-13-11(14(10)6-8)9-2-1-3-9/h4-7,9H,1-3H2. The summed E-state index contributed by atoms with van der Waals surface area (Å²) in [4.78, 5) is 10.7. The Morgan fingerprint density at radius 1 is 1.33 bits per heavy atom. The highest BCUT2D eigenvalue weighted by atomic mass is 16.1. The van der Waals surface area contributed by atoms with Crippen LogP contribution >= 0.6 is 0 Å². The Labute approximate surface area is 86.9 Å². The summed E-state index contributed by atoms with van der Waals surface area (Å²) in [6.07, 6.45) is 6.31. The first-order chi connectivity index (χ1) is 7.38. The molecule has 3 rings (SSSR count). The molecule has 0 unspecified atom stereocenters. The minimum absolute atomic E-state index is 0.530. The van der Waals surface area contributed by atoms with E-state index in [1.54, 1.807) is 6.07 Å². The van der Waals surface area contributed by atoms with Crippen LogP contribution in [0.5, 0.6) is 0 Å². The Hall–Kier alpha value is -1.71. The van der Waals surface area contributed by atoms with Crippen molar-refractivity contribution in [1.82, 2.24) is 14.6 Å². The normalized spacial score (nSPS) is 16.5. The highest BCUT2D eigenvalue weighted by molar-refractivity contribution is 5.74. The number of rotatable bonds is 2. The number of fused-ring (bicyclic) bond motifs is 1. The summed E-state index contributed by atoms with van der Waals surface area (Å²) in [7, 11) is 0. The van der Waals surface area contributed by atoms with E-state index < -0.39 is 0 Å². The minimum atomic E-state index is 0.530. The van der Waals surface area contributed by atoms with Crippen LogP contribution in [0.25, 0.3) is 5.65 Å². The SMILES string of the molecule is O=Cc1ccc2nnc(C3CCC3)n2c1. The predicted octanol–water partition coefficient (Wildman–Crippen LogP) is 1.81. The summed E-state index contributed by atoms with van der Waals surface area (Å²) in [5.41, 5.74) is 1.49. The molecule has 0 aliphatic heterocycles. The van der Waals surface area contributed by atoms with Gasteiger partial charge in [0.1, 0.15) is 5.82 Å². The Balaban J connectivity index is 2.16. The van der Waals surface area contributed by atoms with Crippen molar-refractivity contribution in [2.75, 3.05) is 0 Å². The van der Waals surface area contributed by atoms with Gasteiger partial charge in [-0.05, 0) is 25.0 Å². The minimum Gasteiger partial charge on any atom is -0.298 e. The Kier molecular flexibility index (Phi) is 1.80. The molecule has 4 nitrogen and oxygen atoms in total. The van der Waals surface area contributed by atoms with Crippen molar-refractivity contribution in [1.29, 1.82) is 0 Å². The molecule has 1 aliphatic carbocycles. The van der Waals surface area contributed by atoms with Crippen LogP contribution in [0.1, 0.15) is 41.4 Å². The molecule has 0 radical (unpaired) electrons. The average Bonchev–Trinajstić information content (AvgIpc) is 2.59. The molecular weight excluding hydrogens is 190 g/mol. The molecule has 76 valence electrons. The fourth-order valence-corrected chi connectivity index (χ4v) is 1.94. The van der Waals surface area contributed by atoms with Crippen molar-refractivity contribution < 1.29 is 4.79 Å². The van der Waals surface area contributed by atoms with Gasteiger partial charge in [-0.1, -0.05) is 6.42 Å². The fourth-order valence-electron chi connectivity index (χ4n) is 1.94. The van der Waals surface area contributed by atoms with Gasteiger partial charge in [-0.15, -0.1) is 10.2 Å². The number of nitrogens with zero attached hydrogens (tertiary/aromatic N) is 3. The maximum Gasteiger partial charge on any atom is 0.160 e. The largest absolute Gasteiger partial charge is 0.298 e. The van der Waals surface area contributed by atoms with Gasteiger partial charge in [-0.3, -0.25) is 9.20 Å². The van der Waals surface area contributed by atoms with Crippen molar-refractivity contribution in [3.05, 3.63) is 29.7 Å². The first-order valence-electron chi connectivity index (χ1n) is 5.18. The van der Waals surface area contributed by atoms with Gasteiger partial charge >= 0.3 is 0 Å². The lowest BCUT2D eigenvalue weighted by atomic mass is 9.85. The van der Waals surface area contributed by atoms with Gasteiger partial charge in [0, 0.05) is 17.7 Å². The Morgan fingerprint density at radius 3 is 2.87 bits per heavy atom. The van der Waals surface area contributed by atoms with Crippen LogP contribution < -0.4 is 0 Å². The Morgan fingerprint density at radius 2 is 2.20 bits per heavy atom. The van der Waals surface area contributed by atoms with E-state index >= 15 is 0 Å². The van der Waals surface area contributed by atoms with Crippen LogP contribution in [0.4, 0.5) is 0 Å². The van der Waals surface area contributed by atoms with Crippen LogP contribution in [-0.2, 0) is 0 Å². The van der Waals surface area contributed by atoms with E-state index in [0.717, 1.165) is 17.8 Å². The maximum atomic E-state index is 10.7. The summed E-state index contributed by atoms with van der Waals surface area (Å²) < 4.78 is 1.94. The molecule has 1 fully saturated rings. The molecule has 15 heavy (non-hydrogen) atoms. The quantitative estimate of drug-likeness (QED) is 0.696. The zero-order valence-corrected chi connectivity index (χ0v) is 8.26. The second-order valence-electron chi connectivity index (χ2n) is 3.99. The number of carbonyl (C=O) groups excluding carboxylic acids is 1. The molecular formula is C11H11N3O. The third-order valence-electron chi connectivity index (χ3n) is 3.06. The molecule has 2 heterocycles. The lowest BCUT2D eigenvalue weighted by Crippen LogP contribution is -2.12. The van der Waals surface area contributed by atoms with E-state index in [2.05, 4.69) is 10.2 Å². The van der Waals surface area contributed by atoms with Crippen molar-refractivity contribution >= 4 is 11.9 Å². The summed E-state index contributed by atoms with van der Waals surface area (Å²) >= 11 is 0. The maximum absolute atomic E-state index is 10.7. The zero-order valence-electron chi connectivity index (χ0n) is 8.26. The molecule has 0 spiro atoms. The third kappa shape index (κ3) is 1.25. The summed E-state index contributed by atoms with van der Waals surface area (Å²) in [6.45, 7) is 0. The Bertz CT molecular complexity index is 514. The zero-order chi connectivity index (χ0) is 10.3. The van der Waals surface area contributed by atoms with E-state index in [0.29, 0.717) is 11.5 Å². The van der Waals surface area contributed by atoms with Gasteiger partial charge in [0.05, 0.1) is 0 Å². The predicted molar refractivity (Wildman–Crippen MR) is 55.0 cm³/mol. The van der Waals surface area contributed by atoms with Crippen molar-refractivity contribution in [3.8, 4) is 0 Å². The van der Waals surface area contributed by atoms with Crippen LogP contribution in [0.2, 0.25) is 0 Å². The van der Waals surface area contributed by atoms with Gasteiger partial charge in [0.25, 0.3) is 0 Å². The van der Waals surface area contributed by atoms with E-state index in [-0.39, 0.29) is 0 Å². The number of hydrogen-bond donors (Lipinski definition) is 0. The molecule has 0 atom stereocenters. The van der Waals surface area contributed by atoms with Gasteiger partial charge in [0.2, 0.25) is 0 Å². The van der Waals surface area contributed by atoms with Crippen molar-refractivity contribution in [2.45, 2.75) is 25.2 Å². The molecule has 2 aromatic rings. The van der Waals surface area contributed by atoms with E-state index in [1.807, 2.05) is 16.7 Å². The van der Waals surface area contributed by atoms with Crippen LogP contribution in [0, 0.1) is 0 Å². The number of hydrogen-bond acceptors (Lipinski definition) is 3. The van der Waals surface area contributed by atoms with Gasteiger partial charge in [-0.2, -0.15) is 0 Å². The third-order valence-corrected chi connectivity index (χ3v) is 3.06. The topological polar surface area (TPSA) is 47.3 Å². The van der Waals surface area contributed by atoms with Crippen LogP contribution in [-0.4, -0.2) is 20.9 Å². The average molecular weight is 201 g/mol. The summed E-state index contributed by atoms with van der Waals surface area (Å²) in [6, 6.07) is 3.60. The summed E-state index contributed by atoms with van der Waals surface area (Å²) in [5.74, 6) is 1.53. The highest BCUT2D eigenvalue weighted by Crippen LogP contribution is 2.35. The molecule has 0 saturated heterocycles. The van der Waals surface area contributed by atoms with Crippen molar-refractivity contribution in [3.63, 3.8) is 0 Å². The molecule has 2 aromatic heterocycles. The number of aromatic nitrogens is 3. The smallest absolute Gasteiger partial charge is 0.160 e. The van der Waals surface area contributed by atoms with E-state index in [9.17, 15) is 4.79 Å².